The van der Waals surface area contributed by atoms with Crippen LogP contribution in [0, 0.1) is 11.3 Å². The van der Waals surface area contributed by atoms with Crippen LogP contribution in [0.2, 0.25) is 0 Å². The number of rotatable bonds is 6. The molecule has 1 amide bonds. The maximum atomic E-state index is 12.5. The summed E-state index contributed by atoms with van der Waals surface area (Å²) in [5, 5.41) is 11.4. The van der Waals surface area contributed by atoms with Gasteiger partial charge in [-0.3, -0.25) is 4.79 Å². The number of benzene rings is 2. The maximum absolute atomic E-state index is 12.5. The van der Waals surface area contributed by atoms with Crippen LogP contribution < -0.4 is 10.0 Å². The van der Waals surface area contributed by atoms with Crippen molar-refractivity contribution in [3.8, 4) is 6.07 Å². The molecule has 1 aliphatic rings. The van der Waals surface area contributed by atoms with Gasteiger partial charge in [-0.25, -0.2) is 13.1 Å². The Balaban J connectivity index is 1.54. The second-order valence-corrected chi connectivity index (χ2v) is 8.29. The van der Waals surface area contributed by atoms with E-state index in [2.05, 4.69) is 10.0 Å². The van der Waals surface area contributed by atoms with E-state index in [0.29, 0.717) is 11.3 Å². The summed E-state index contributed by atoms with van der Waals surface area (Å²) in [4.78, 5) is 12.2. The number of hydrogen-bond acceptors (Lipinski definition) is 4. The predicted octanol–water partition coefficient (Wildman–Crippen LogP) is 2.74. The molecule has 0 aromatic heterocycles. The highest BCUT2D eigenvalue weighted by atomic mass is 32.2. The molecule has 0 heterocycles. The van der Waals surface area contributed by atoms with Gasteiger partial charge in [0.05, 0.1) is 16.5 Å². The molecule has 2 N–H and O–H groups in total. The van der Waals surface area contributed by atoms with Gasteiger partial charge in [-0.1, -0.05) is 6.07 Å². The third-order valence-corrected chi connectivity index (χ3v) is 6.03. The highest BCUT2D eigenvalue weighted by molar-refractivity contribution is 7.89. The van der Waals surface area contributed by atoms with E-state index < -0.39 is 10.0 Å². The van der Waals surface area contributed by atoms with E-state index in [0.717, 1.165) is 31.2 Å². The van der Waals surface area contributed by atoms with Gasteiger partial charge in [0.1, 0.15) is 0 Å². The summed E-state index contributed by atoms with van der Waals surface area (Å²) in [7, 11) is -3.64. The van der Waals surface area contributed by atoms with E-state index in [9.17, 15) is 13.2 Å². The number of nitrogens with zero attached hydrogens (tertiary/aromatic N) is 1. The van der Waals surface area contributed by atoms with E-state index in [1.807, 2.05) is 12.1 Å². The molecule has 1 aliphatic carbocycles. The summed E-state index contributed by atoms with van der Waals surface area (Å²) in [6.07, 6.45) is 4.15. The second kappa shape index (κ2) is 8.33. The van der Waals surface area contributed by atoms with Crippen molar-refractivity contribution in [1.82, 2.24) is 4.72 Å². The minimum atomic E-state index is -3.64. The number of carbonyl (C=O) groups excluding carboxylic acids is 1. The Labute approximate surface area is 159 Å². The van der Waals surface area contributed by atoms with E-state index in [1.165, 1.54) is 5.56 Å². The van der Waals surface area contributed by atoms with Gasteiger partial charge in [0.15, 0.2) is 0 Å². The zero-order chi connectivity index (χ0) is 19.3. The van der Waals surface area contributed by atoms with Gasteiger partial charge in [-0.2, -0.15) is 5.26 Å². The SMILES string of the molecule is N#Cc1ccc(NC(=O)CCNS(=O)(=O)c2ccc3c(c2)CCCC3)cc1. The zero-order valence-corrected chi connectivity index (χ0v) is 15.7. The molecule has 0 fully saturated rings. The highest BCUT2D eigenvalue weighted by Gasteiger charge is 2.17. The Bertz CT molecular complexity index is 977. The predicted molar refractivity (Wildman–Crippen MR) is 103 cm³/mol. The lowest BCUT2D eigenvalue weighted by molar-refractivity contribution is -0.116. The Hall–Kier alpha value is -2.69. The molecule has 3 rings (SSSR count). The number of nitriles is 1. The monoisotopic (exact) mass is 383 g/mol. The molecule has 0 unspecified atom stereocenters. The van der Waals surface area contributed by atoms with Gasteiger partial charge in [-0.15, -0.1) is 0 Å². The van der Waals surface area contributed by atoms with Crippen LogP contribution in [0.3, 0.4) is 0 Å². The number of hydrogen-bond donors (Lipinski definition) is 2. The van der Waals surface area contributed by atoms with Crippen LogP contribution in [0.15, 0.2) is 47.4 Å². The van der Waals surface area contributed by atoms with Crippen molar-refractivity contribution in [3.63, 3.8) is 0 Å². The number of anilines is 1. The molecule has 6 nitrogen and oxygen atoms in total. The average Bonchev–Trinajstić information content (AvgIpc) is 2.68. The van der Waals surface area contributed by atoms with Gasteiger partial charge in [0, 0.05) is 18.7 Å². The first-order valence-corrected chi connectivity index (χ1v) is 10.4. The van der Waals surface area contributed by atoms with Crippen LogP contribution in [0.4, 0.5) is 5.69 Å². The smallest absolute Gasteiger partial charge is 0.240 e. The molecule has 2 aromatic rings. The topological polar surface area (TPSA) is 99.1 Å². The summed E-state index contributed by atoms with van der Waals surface area (Å²) >= 11 is 0. The van der Waals surface area contributed by atoms with Crippen molar-refractivity contribution in [1.29, 1.82) is 5.26 Å². The molecule has 27 heavy (non-hydrogen) atoms. The van der Waals surface area contributed by atoms with E-state index in [1.54, 1.807) is 36.4 Å². The quantitative estimate of drug-likeness (QED) is 0.801. The first-order valence-electron chi connectivity index (χ1n) is 8.89. The Morgan fingerprint density at radius 3 is 2.44 bits per heavy atom. The molecular formula is C20H21N3O3S. The molecule has 0 atom stereocenters. The lowest BCUT2D eigenvalue weighted by Gasteiger charge is -2.16. The Morgan fingerprint density at radius 1 is 1.04 bits per heavy atom. The molecule has 0 saturated carbocycles. The van der Waals surface area contributed by atoms with Crippen LogP contribution in [0.5, 0.6) is 0 Å². The molecule has 7 heteroatoms. The molecule has 0 aliphatic heterocycles. The summed E-state index contributed by atoms with van der Waals surface area (Å²) in [6, 6.07) is 13.7. The third kappa shape index (κ3) is 4.94. The van der Waals surface area contributed by atoms with Gasteiger partial charge in [-0.05, 0) is 73.2 Å². The fourth-order valence-electron chi connectivity index (χ4n) is 3.11. The number of fused-ring (bicyclic) bond motifs is 1. The van der Waals surface area contributed by atoms with Crippen LogP contribution in [-0.2, 0) is 27.7 Å². The first kappa shape index (κ1) is 19.1. The normalized spacial score (nSPS) is 13.4. The average molecular weight is 383 g/mol. The molecule has 0 bridgehead atoms. The number of sulfonamides is 1. The van der Waals surface area contributed by atoms with Crippen molar-refractivity contribution >= 4 is 21.6 Å². The summed E-state index contributed by atoms with van der Waals surface area (Å²) in [6.45, 7) is 0.0154. The van der Waals surface area contributed by atoms with Crippen molar-refractivity contribution < 1.29 is 13.2 Å². The first-order chi connectivity index (χ1) is 13.0. The highest BCUT2D eigenvalue weighted by Crippen LogP contribution is 2.24. The standard InChI is InChI=1S/C20H21N3O3S/c21-14-15-5-8-18(9-6-15)23-20(24)11-12-22-27(25,26)19-10-7-16-3-1-2-4-17(16)13-19/h5-10,13,22H,1-4,11-12H2,(H,23,24). The van der Waals surface area contributed by atoms with Gasteiger partial charge in [0.2, 0.25) is 15.9 Å². The fourth-order valence-corrected chi connectivity index (χ4v) is 4.19. The maximum Gasteiger partial charge on any atom is 0.240 e. The number of amides is 1. The third-order valence-electron chi connectivity index (χ3n) is 4.57. The lowest BCUT2D eigenvalue weighted by atomic mass is 9.92. The van der Waals surface area contributed by atoms with Gasteiger partial charge >= 0.3 is 0 Å². The minimum Gasteiger partial charge on any atom is -0.326 e. The van der Waals surface area contributed by atoms with Crippen molar-refractivity contribution in [2.24, 2.45) is 0 Å². The zero-order valence-electron chi connectivity index (χ0n) is 14.9. The van der Waals surface area contributed by atoms with Crippen LogP contribution in [0.1, 0.15) is 36.0 Å². The number of carbonyl (C=O) groups is 1. The largest absolute Gasteiger partial charge is 0.326 e. The summed E-state index contributed by atoms with van der Waals surface area (Å²) < 4.78 is 27.4. The van der Waals surface area contributed by atoms with E-state index >= 15 is 0 Å². The minimum absolute atomic E-state index is 0.0154. The molecule has 0 radical (unpaired) electrons. The number of aryl methyl sites for hydroxylation is 2. The van der Waals surface area contributed by atoms with Crippen LogP contribution in [-0.4, -0.2) is 20.9 Å². The number of nitrogens with one attached hydrogen (secondary N) is 2. The van der Waals surface area contributed by atoms with Crippen molar-refractivity contribution in [2.75, 3.05) is 11.9 Å². The molecule has 140 valence electrons. The van der Waals surface area contributed by atoms with Crippen LogP contribution in [0.25, 0.3) is 0 Å². The van der Waals surface area contributed by atoms with E-state index in [4.69, 9.17) is 5.26 Å². The van der Waals surface area contributed by atoms with Crippen molar-refractivity contribution in [3.05, 3.63) is 59.2 Å². The fraction of sp³-hybridized carbons (Fsp3) is 0.300. The molecular weight excluding hydrogens is 362 g/mol. The summed E-state index contributed by atoms with van der Waals surface area (Å²) in [5.41, 5.74) is 3.40. The van der Waals surface area contributed by atoms with E-state index in [-0.39, 0.29) is 23.8 Å². The molecule has 0 saturated heterocycles. The van der Waals surface area contributed by atoms with Crippen molar-refractivity contribution in [2.45, 2.75) is 37.0 Å². The Morgan fingerprint density at radius 2 is 1.74 bits per heavy atom. The molecule has 0 spiro atoms. The Kier molecular flexibility index (Phi) is 5.89. The van der Waals surface area contributed by atoms with Crippen LogP contribution >= 0.6 is 0 Å². The molecule has 2 aromatic carbocycles. The summed E-state index contributed by atoms with van der Waals surface area (Å²) in [5.74, 6) is -0.298. The van der Waals surface area contributed by atoms with Gasteiger partial charge in [0.25, 0.3) is 0 Å². The lowest BCUT2D eigenvalue weighted by Crippen LogP contribution is -2.28. The van der Waals surface area contributed by atoms with Gasteiger partial charge < -0.3 is 5.32 Å². The second-order valence-electron chi connectivity index (χ2n) is 6.52.